The van der Waals surface area contributed by atoms with E-state index in [9.17, 15) is 30.7 Å². The second-order valence-electron chi connectivity index (χ2n) is 6.43. The molecule has 3 aromatic carbocycles. The van der Waals surface area contributed by atoms with Crippen LogP contribution in [-0.4, -0.2) is 6.36 Å². The fraction of sp³-hybridized carbons (Fsp3) is 0.143. The highest BCUT2D eigenvalue weighted by atomic mass is 35.5. The molecule has 0 aliphatic rings. The number of benzene rings is 3. The topological polar surface area (TPSA) is 30.5 Å². The van der Waals surface area contributed by atoms with Gasteiger partial charge in [0.25, 0.3) is 0 Å². The molecule has 1 N–H and O–H groups in total. The van der Waals surface area contributed by atoms with Crippen LogP contribution in [0.4, 0.5) is 36.4 Å². The van der Waals surface area contributed by atoms with Crippen LogP contribution in [0.15, 0.2) is 60.7 Å². The number of nitrogens with one attached hydrogen (secondary N) is 1. The van der Waals surface area contributed by atoms with Gasteiger partial charge in [-0.15, -0.1) is 13.2 Å². The maximum Gasteiger partial charge on any atom is 0.573 e. The number of ether oxygens (including phenoxy) is 2. The van der Waals surface area contributed by atoms with Gasteiger partial charge in [-0.1, -0.05) is 23.7 Å². The maximum atomic E-state index is 14.0. The first kappa shape index (κ1) is 23.5. The molecule has 3 aromatic rings. The molecule has 0 spiro atoms. The van der Waals surface area contributed by atoms with Gasteiger partial charge in [0.1, 0.15) is 17.3 Å². The first-order valence-electron chi connectivity index (χ1n) is 8.83. The Bertz CT molecular complexity index is 1100. The fourth-order valence-electron chi connectivity index (χ4n) is 2.62. The molecule has 0 heterocycles. The third kappa shape index (κ3) is 6.43. The largest absolute Gasteiger partial charge is 0.573 e. The Balaban J connectivity index is 1.70. The molecule has 170 valence electrons. The molecule has 11 heteroatoms. The Morgan fingerprint density at radius 2 is 1.56 bits per heavy atom. The van der Waals surface area contributed by atoms with Crippen LogP contribution in [0.2, 0.25) is 5.02 Å². The minimum absolute atomic E-state index is 0.0102. The quantitative estimate of drug-likeness (QED) is 0.366. The molecule has 0 bridgehead atoms. The predicted molar refractivity (Wildman–Crippen MR) is 103 cm³/mol. The monoisotopic (exact) mass is 479 g/mol. The van der Waals surface area contributed by atoms with Gasteiger partial charge in [0, 0.05) is 29.9 Å². The van der Waals surface area contributed by atoms with Crippen molar-refractivity contribution in [2.75, 3.05) is 5.32 Å². The summed E-state index contributed by atoms with van der Waals surface area (Å²) in [4.78, 5) is 0. The van der Waals surface area contributed by atoms with Gasteiger partial charge in [-0.2, -0.15) is 13.2 Å². The first-order valence-corrected chi connectivity index (χ1v) is 9.21. The van der Waals surface area contributed by atoms with Gasteiger partial charge >= 0.3 is 12.5 Å². The van der Waals surface area contributed by atoms with Crippen molar-refractivity contribution in [2.45, 2.75) is 19.1 Å². The summed E-state index contributed by atoms with van der Waals surface area (Å²) in [5.74, 6) is -1.41. The molecule has 0 amide bonds. The van der Waals surface area contributed by atoms with Crippen molar-refractivity contribution in [1.82, 2.24) is 0 Å². The maximum absolute atomic E-state index is 14.0. The van der Waals surface area contributed by atoms with Gasteiger partial charge in [0.15, 0.2) is 5.75 Å². The minimum Gasteiger partial charge on any atom is -0.457 e. The SMILES string of the molecule is Fc1cc(C(F)(F)F)ccc1CNc1cccc(Oc2ccc(Cl)c(OC(F)(F)F)c2)c1. The molecule has 3 rings (SSSR count). The number of halogens is 8. The van der Waals surface area contributed by atoms with Crippen molar-refractivity contribution in [3.05, 3.63) is 82.6 Å². The molecule has 0 aliphatic carbocycles. The van der Waals surface area contributed by atoms with Crippen molar-refractivity contribution in [1.29, 1.82) is 0 Å². The summed E-state index contributed by atoms with van der Waals surface area (Å²) in [6, 6.07) is 11.8. The van der Waals surface area contributed by atoms with E-state index in [-0.39, 0.29) is 28.6 Å². The highest BCUT2D eigenvalue weighted by molar-refractivity contribution is 6.32. The average Bonchev–Trinajstić information content (AvgIpc) is 2.68. The third-order valence-corrected chi connectivity index (χ3v) is 4.37. The lowest BCUT2D eigenvalue weighted by atomic mass is 10.1. The molecule has 0 aliphatic heterocycles. The van der Waals surface area contributed by atoms with E-state index in [1.807, 2.05) is 0 Å². The Hall–Kier alpha value is -3.14. The number of hydrogen-bond acceptors (Lipinski definition) is 3. The standard InChI is InChI=1S/C21H13ClF7NO2/c22-17-7-6-16(10-19(17)32-21(27,28)29)31-15-3-1-2-14(9-15)30-11-12-4-5-13(8-18(12)23)20(24,25)26/h1-10,30H,11H2. The van der Waals surface area contributed by atoms with E-state index >= 15 is 0 Å². The molecule has 0 saturated carbocycles. The molecule has 0 atom stereocenters. The summed E-state index contributed by atoms with van der Waals surface area (Å²) in [6.07, 6.45) is -9.58. The van der Waals surface area contributed by atoms with E-state index < -0.39 is 29.7 Å². The van der Waals surface area contributed by atoms with Crippen LogP contribution in [0.5, 0.6) is 17.2 Å². The lowest BCUT2D eigenvalue weighted by Gasteiger charge is -2.13. The molecule has 0 saturated heterocycles. The van der Waals surface area contributed by atoms with E-state index in [2.05, 4.69) is 10.1 Å². The molecule has 32 heavy (non-hydrogen) atoms. The molecule has 0 fully saturated rings. The second-order valence-corrected chi connectivity index (χ2v) is 6.83. The first-order chi connectivity index (χ1) is 14.9. The van der Waals surface area contributed by atoms with Gasteiger partial charge in [-0.25, -0.2) is 4.39 Å². The summed E-state index contributed by atoms with van der Waals surface area (Å²) in [6.45, 7) is -0.113. The Kier molecular flexibility index (Phi) is 6.73. The summed E-state index contributed by atoms with van der Waals surface area (Å²) in [7, 11) is 0. The van der Waals surface area contributed by atoms with Gasteiger partial charge in [0.2, 0.25) is 0 Å². The normalized spacial score (nSPS) is 11.9. The van der Waals surface area contributed by atoms with Crippen LogP contribution >= 0.6 is 11.6 Å². The van der Waals surface area contributed by atoms with Crippen LogP contribution < -0.4 is 14.8 Å². The predicted octanol–water partition coefficient (Wildman–Crippen LogP) is 7.80. The van der Waals surface area contributed by atoms with E-state index in [0.717, 1.165) is 18.2 Å². The Labute approximate surface area is 182 Å². The van der Waals surface area contributed by atoms with Crippen molar-refractivity contribution >= 4 is 17.3 Å². The third-order valence-electron chi connectivity index (χ3n) is 4.06. The molecule has 0 radical (unpaired) electrons. The number of hydrogen-bond donors (Lipinski definition) is 1. The molecule has 3 nitrogen and oxygen atoms in total. The van der Waals surface area contributed by atoms with Gasteiger partial charge < -0.3 is 14.8 Å². The number of rotatable bonds is 6. The number of alkyl halides is 6. The van der Waals surface area contributed by atoms with Crippen LogP contribution in [0.3, 0.4) is 0 Å². The highest BCUT2D eigenvalue weighted by Gasteiger charge is 2.32. The lowest BCUT2D eigenvalue weighted by Crippen LogP contribution is -2.17. The summed E-state index contributed by atoms with van der Waals surface area (Å²) in [5, 5.41) is 2.58. The van der Waals surface area contributed by atoms with Crippen LogP contribution in [-0.2, 0) is 12.7 Å². The fourth-order valence-corrected chi connectivity index (χ4v) is 2.78. The van der Waals surface area contributed by atoms with Crippen LogP contribution in [0, 0.1) is 5.82 Å². The van der Waals surface area contributed by atoms with Crippen LogP contribution in [0.25, 0.3) is 0 Å². The summed E-state index contributed by atoms with van der Waals surface area (Å²) < 4.78 is 98.6. The van der Waals surface area contributed by atoms with E-state index in [1.165, 1.54) is 24.3 Å². The zero-order valence-electron chi connectivity index (χ0n) is 15.8. The minimum atomic E-state index is -4.93. The Morgan fingerprint density at radius 1 is 0.844 bits per heavy atom. The summed E-state index contributed by atoms with van der Waals surface area (Å²) >= 11 is 5.69. The lowest BCUT2D eigenvalue weighted by molar-refractivity contribution is -0.274. The second kappa shape index (κ2) is 9.15. The van der Waals surface area contributed by atoms with Gasteiger partial charge in [-0.05, 0) is 36.4 Å². The highest BCUT2D eigenvalue weighted by Crippen LogP contribution is 2.35. The molecular formula is C21H13ClF7NO2. The van der Waals surface area contributed by atoms with Gasteiger partial charge in [0.05, 0.1) is 10.6 Å². The van der Waals surface area contributed by atoms with Crippen LogP contribution in [0.1, 0.15) is 11.1 Å². The van der Waals surface area contributed by atoms with Crippen molar-refractivity contribution in [2.24, 2.45) is 0 Å². The number of anilines is 1. The Morgan fingerprint density at radius 3 is 2.22 bits per heavy atom. The van der Waals surface area contributed by atoms with Crippen molar-refractivity contribution in [3.63, 3.8) is 0 Å². The van der Waals surface area contributed by atoms with E-state index in [1.54, 1.807) is 12.1 Å². The zero-order chi connectivity index (χ0) is 23.5. The van der Waals surface area contributed by atoms with Crippen molar-refractivity contribution < 1.29 is 40.2 Å². The van der Waals surface area contributed by atoms with Gasteiger partial charge in [-0.3, -0.25) is 0 Å². The average molecular weight is 480 g/mol. The smallest absolute Gasteiger partial charge is 0.457 e. The zero-order valence-corrected chi connectivity index (χ0v) is 16.6. The molecular weight excluding hydrogens is 467 g/mol. The molecule has 0 unspecified atom stereocenters. The van der Waals surface area contributed by atoms with E-state index in [4.69, 9.17) is 16.3 Å². The summed E-state index contributed by atoms with van der Waals surface area (Å²) in [5.41, 5.74) is -0.649. The molecule has 0 aromatic heterocycles. The van der Waals surface area contributed by atoms with Crippen molar-refractivity contribution in [3.8, 4) is 17.2 Å². The van der Waals surface area contributed by atoms with E-state index in [0.29, 0.717) is 11.8 Å².